The van der Waals surface area contributed by atoms with Crippen LogP contribution in [0.1, 0.15) is 131 Å². The van der Waals surface area contributed by atoms with Crippen LogP contribution in [0, 0.1) is 25.7 Å². The molecule has 0 spiro atoms. The van der Waals surface area contributed by atoms with Gasteiger partial charge in [-0.05, 0) is 188 Å². The Morgan fingerprint density at radius 1 is 0.589 bits per heavy atom. The topological polar surface area (TPSA) is 6.48 Å². The number of benzene rings is 5. The van der Waals surface area contributed by atoms with Gasteiger partial charge in [0, 0.05) is 22.7 Å². The second kappa shape index (κ2) is 16.1. The Morgan fingerprint density at radius 2 is 1.12 bits per heavy atom. The first-order chi connectivity index (χ1) is 27.2. The highest BCUT2D eigenvalue weighted by Gasteiger charge is 2.39. The predicted molar refractivity (Wildman–Crippen MR) is 242 cm³/mol. The van der Waals surface area contributed by atoms with E-state index in [1.165, 1.54) is 117 Å². The van der Waals surface area contributed by atoms with Crippen LogP contribution in [0.25, 0.3) is 11.1 Å². The van der Waals surface area contributed by atoms with Crippen molar-refractivity contribution in [2.45, 2.75) is 131 Å². The molecule has 0 radical (unpaired) electrons. The number of nitrogens with zero attached hydrogens (tertiary/aromatic N) is 2. The van der Waals surface area contributed by atoms with E-state index in [4.69, 9.17) is 0 Å². The molecule has 5 atom stereocenters. The standard InChI is InChI=1S/C54H64N2/c1-9-12-14-42-31-38(7)54(39(8)32-42)56(44-23-19-41(11-3)20-24-44)46-26-28-50-49-27-25-45(33-51(49)47-15-13-16-48(47)52(50)34-46)55(43-21-17-40(10-2)18-22-43)53-36(5)29-35(4)30-37(53)6/h17-29,31-35,37,47-48,53H,9-16,30H2,1-8H3. The summed E-state index contributed by atoms with van der Waals surface area (Å²) in [5.74, 6) is 2.26. The summed E-state index contributed by atoms with van der Waals surface area (Å²) in [6.45, 7) is 18.6. The Balaban J connectivity index is 1.24. The summed E-state index contributed by atoms with van der Waals surface area (Å²) in [7, 11) is 0. The number of rotatable bonds is 11. The molecule has 0 heterocycles. The first kappa shape index (κ1) is 38.3. The number of allylic oxidation sites excluding steroid dienone is 1. The molecular weight excluding hydrogens is 677 g/mol. The van der Waals surface area contributed by atoms with Gasteiger partial charge in [0.15, 0.2) is 0 Å². The molecule has 2 heteroatoms. The number of hydrogen-bond acceptors (Lipinski definition) is 2. The lowest BCUT2D eigenvalue weighted by Gasteiger charge is -2.42. The smallest absolute Gasteiger partial charge is 0.0574 e. The van der Waals surface area contributed by atoms with Gasteiger partial charge in [-0.25, -0.2) is 0 Å². The van der Waals surface area contributed by atoms with E-state index in [2.05, 4.69) is 168 Å². The summed E-state index contributed by atoms with van der Waals surface area (Å²) in [6.07, 6.45) is 13.2. The highest BCUT2D eigenvalue weighted by molar-refractivity contribution is 5.85. The maximum absolute atomic E-state index is 2.69. The average molecular weight is 741 g/mol. The molecule has 3 aliphatic carbocycles. The molecule has 0 amide bonds. The van der Waals surface area contributed by atoms with Gasteiger partial charge in [0.05, 0.1) is 11.7 Å². The average Bonchev–Trinajstić information content (AvgIpc) is 3.71. The molecule has 0 saturated heterocycles. The van der Waals surface area contributed by atoms with Crippen molar-refractivity contribution in [2.75, 3.05) is 9.80 Å². The highest BCUT2D eigenvalue weighted by atomic mass is 15.2. The largest absolute Gasteiger partial charge is 0.334 e. The molecule has 56 heavy (non-hydrogen) atoms. The minimum atomic E-state index is 0.347. The van der Waals surface area contributed by atoms with E-state index in [-0.39, 0.29) is 0 Å². The minimum absolute atomic E-state index is 0.347. The van der Waals surface area contributed by atoms with Gasteiger partial charge in [-0.3, -0.25) is 0 Å². The van der Waals surface area contributed by atoms with Crippen LogP contribution >= 0.6 is 0 Å². The SMILES string of the molecule is CCCCc1cc(C)c(N(c2ccc(CC)cc2)c2ccc3c(c2)C2CCCC2c2cc(N(c4ccc(CC)cc4)C4C(C)=CC(C)CC4C)ccc2-3)c(C)c1. The summed E-state index contributed by atoms with van der Waals surface area (Å²) in [5.41, 5.74) is 20.9. The quantitative estimate of drug-likeness (QED) is 0.124. The molecule has 8 rings (SSSR count). The third kappa shape index (κ3) is 7.14. The second-order valence-electron chi connectivity index (χ2n) is 17.7. The Kier molecular flexibility index (Phi) is 11.0. The van der Waals surface area contributed by atoms with Crippen molar-refractivity contribution in [1.82, 2.24) is 0 Å². The molecule has 1 saturated carbocycles. The zero-order valence-corrected chi connectivity index (χ0v) is 35.5. The van der Waals surface area contributed by atoms with Crippen molar-refractivity contribution < 1.29 is 0 Å². The molecule has 5 aromatic rings. The van der Waals surface area contributed by atoms with Crippen LogP contribution in [-0.4, -0.2) is 6.04 Å². The number of hydrogen-bond donors (Lipinski definition) is 0. The monoisotopic (exact) mass is 741 g/mol. The van der Waals surface area contributed by atoms with Crippen LogP contribution in [-0.2, 0) is 19.3 Å². The maximum atomic E-state index is 2.69. The van der Waals surface area contributed by atoms with Gasteiger partial charge in [-0.1, -0.05) is 108 Å². The van der Waals surface area contributed by atoms with E-state index >= 15 is 0 Å². The third-order valence-electron chi connectivity index (χ3n) is 13.6. The van der Waals surface area contributed by atoms with Gasteiger partial charge >= 0.3 is 0 Å². The summed E-state index contributed by atoms with van der Waals surface area (Å²) in [5, 5.41) is 0. The molecule has 5 aromatic carbocycles. The van der Waals surface area contributed by atoms with Gasteiger partial charge in [0.1, 0.15) is 0 Å². The van der Waals surface area contributed by atoms with Gasteiger partial charge in [-0.15, -0.1) is 0 Å². The van der Waals surface area contributed by atoms with Crippen molar-refractivity contribution in [3.05, 3.63) is 148 Å². The highest BCUT2D eigenvalue weighted by Crippen LogP contribution is 2.57. The van der Waals surface area contributed by atoms with Crippen LogP contribution < -0.4 is 9.80 Å². The fraction of sp³-hybridized carbons (Fsp3) is 0.407. The van der Waals surface area contributed by atoms with E-state index in [1.807, 2.05) is 0 Å². The number of aryl methyl sites for hydroxylation is 5. The van der Waals surface area contributed by atoms with E-state index in [0.29, 0.717) is 29.7 Å². The van der Waals surface area contributed by atoms with Crippen LogP contribution in [0.4, 0.5) is 28.4 Å². The Labute approximate surface area is 338 Å². The van der Waals surface area contributed by atoms with Crippen LogP contribution in [0.3, 0.4) is 0 Å². The van der Waals surface area contributed by atoms with Gasteiger partial charge in [-0.2, -0.15) is 0 Å². The molecule has 2 nitrogen and oxygen atoms in total. The van der Waals surface area contributed by atoms with Crippen LogP contribution in [0.5, 0.6) is 0 Å². The zero-order valence-electron chi connectivity index (χ0n) is 35.5. The maximum Gasteiger partial charge on any atom is 0.0574 e. The fourth-order valence-corrected chi connectivity index (χ4v) is 11.0. The lowest BCUT2D eigenvalue weighted by atomic mass is 9.72. The van der Waals surface area contributed by atoms with Crippen molar-refractivity contribution in [3.8, 4) is 11.1 Å². The van der Waals surface area contributed by atoms with Gasteiger partial charge in [0.25, 0.3) is 0 Å². The summed E-state index contributed by atoms with van der Waals surface area (Å²) in [6, 6.07) is 38.9. The van der Waals surface area contributed by atoms with E-state index in [9.17, 15) is 0 Å². The summed E-state index contributed by atoms with van der Waals surface area (Å²) >= 11 is 0. The van der Waals surface area contributed by atoms with Crippen LogP contribution in [0.2, 0.25) is 0 Å². The van der Waals surface area contributed by atoms with E-state index < -0.39 is 0 Å². The molecule has 0 aromatic heterocycles. The molecule has 0 bridgehead atoms. The molecule has 1 fully saturated rings. The fourth-order valence-electron chi connectivity index (χ4n) is 11.0. The van der Waals surface area contributed by atoms with Crippen molar-refractivity contribution in [2.24, 2.45) is 11.8 Å². The van der Waals surface area contributed by atoms with Crippen LogP contribution in [0.15, 0.2) is 109 Å². The second-order valence-corrected chi connectivity index (χ2v) is 17.7. The Morgan fingerprint density at radius 3 is 1.68 bits per heavy atom. The zero-order chi connectivity index (χ0) is 39.1. The summed E-state index contributed by atoms with van der Waals surface area (Å²) < 4.78 is 0. The molecule has 0 N–H and O–H groups in total. The normalized spacial score (nSPS) is 21.2. The molecule has 5 unspecified atom stereocenters. The number of fused-ring (bicyclic) bond motifs is 6. The molecule has 290 valence electrons. The lowest BCUT2D eigenvalue weighted by Crippen LogP contribution is -2.40. The lowest BCUT2D eigenvalue weighted by molar-refractivity contribution is 0.387. The number of anilines is 5. The first-order valence-corrected chi connectivity index (χ1v) is 22.0. The first-order valence-electron chi connectivity index (χ1n) is 22.0. The molecular formula is C54H64N2. The van der Waals surface area contributed by atoms with Gasteiger partial charge < -0.3 is 9.80 Å². The van der Waals surface area contributed by atoms with Crippen molar-refractivity contribution in [3.63, 3.8) is 0 Å². The Bertz CT molecular complexity index is 2180. The predicted octanol–water partition coefficient (Wildman–Crippen LogP) is 15.4. The molecule has 0 aliphatic heterocycles. The third-order valence-corrected chi connectivity index (χ3v) is 13.6. The number of unbranched alkanes of at least 4 members (excludes halogenated alkanes) is 1. The Hall–Kier alpha value is -4.56. The van der Waals surface area contributed by atoms with E-state index in [0.717, 1.165) is 19.3 Å². The van der Waals surface area contributed by atoms with E-state index in [1.54, 1.807) is 5.56 Å². The van der Waals surface area contributed by atoms with Gasteiger partial charge in [0.2, 0.25) is 0 Å². The molecule has 3 aliphatic rings. The summed E-state index contributed by atoms with van der Waals surface area (Å²) in [4.78, 5) is 5.24. The van der Waals surface area contributed by atoms with Crippen molar-refractivity contribution >= 4 is 28.4 Å². The van der Waals surface area contributed by atoms with Crippen molar-refractivity contribution in [1.29, 1.82) is 0 Å². The minimum Gasteiger partial charge on any atom is -0.334 e.